The summed E-state index contributed by atoms with van der Waals surface area (Å²) in [5, 5.41) is 3.84. The lowest BCUT2D eigenvalue weighted by atomic mass is 9.58. The highest BCUT2D eigenvalue weighted by Crippen LogP contribution is 2.62. The molecule has 3 aliphatic rings. The van der Waals surface area contributed by atoms with Crippen molar-refractivity contribution >= 4 is 5.69 Å². The number of nitrogens with zero attached hydrogens (tertiary/aromatic N) is 1. The Morgan fingerprint density at radius 1 is 1.20 bits per heavy atom. The van der Waals surface area contributed by atoms with Gasteiger partial charge in [0.1, 0.15) is 5.66 Å². The molecule has 2 spiro atoms. The maximum absolute atomic E-state index is 3.84. The van der Waals surface area contributed by atoms with Gasteiger partial charge in [-0.3, -0.25) is 5.32 Å². The van der Waals surface area contributed by atoms with Crippen molar-refractivity contribution < 1.29 is 0 Å². The van der Waals surface area contributed by atoms with Crippen LogP contribution in [0, 0.1) is 0 Å². The first kappa shape index (κ1) is 13.7. The van der Waals surface area contributed by atoms with E-state index in [2.05, 4.69) is 54.5 Å². The molecule has 1 saturated heterocycles. The molecule has 0 radical (unpaired) electrons. The number of anilines is 1. The number of hydrogen-bond acceptors (Lipinski definition) is 2. The lowest BCUT2D eigenvalue weighted by Gasteiger charge is -2.52. The Morgan fingerprint density at radius 2 is 1.95 bits per heavy atom. The topological polar surface area (TPSA) is 15.3 Å². The zero-order valence-corrected chi connectivity index (χ0v) is 13.2. The van der Waals surface area contributed by atoms with Crippen LogP contribution in [-0.2, 0) is 5.41 Å². The van der Waals surface area contributed by atoms with Gasteiger partial charge in [0.15, 0.2) is 0 Å². The van der Waals surface area contributed by atoms with Crippen molar-refractivity contribution in [2.24, 2.45) is 0 Å². The van der Waals surface area contributed by atoms with E-state index >= 15 is 0 Å². The fourth-order valence-corrected chi connectivity index (χ4v) is 4.55. The number of para-hydroxylation sites is 1. The second-order valence-corrected chi connectivity index (χ2v) is 5.96. The molecule has 2 atom stereocenters. The van der Waals surface area contributed by atoms with Crippen molar-refractivity contribution in [3.05, 3.63) is 41.5 Å². The number of benzene rings is 1. The molecular formula is C18H26N2. The Balaban J connectivity index is 0.000000581. The van der Waals surface area contributed by atoms with Gasteiger partial charge in [0.25, 0.3) is 0 Å². The number of fused-ring (bicyclic) bond motifs is 3. The average molecular weight is 270 g/mol. The van der Waals surface area contributed by atoms with Gasteiger partial charge in [-0.15, -0.1) is 0 Å². The first-order chi connectivity index (χ1) is 9.72. The molecule has 1 aromatic carbocycles. The molecule has 1 aromatic rings. The summed E-state index contributed by atoms with van der Waals surface area (Å²) in [4.78, 5) is 2.51. The minimum absolute atomic E-state index is 0.134. The van der Waals surface area contributed by atoms with Gasteiger partial charge in [-0.1, -0.05) is 43.7 Å². The summed E-state index contributed by atoms with van der Waals surface area (Å²) >= 11 is 0. The standard InChI is InChI=1S/C16H20N2.C2H6/c1-12-8-10-15(12)13-6-3-4-7-14(13)18(2)16(15)9-5-11-17-16;1-2/h3-4,6-8,17H,5,9-11H2,1-2H3;1-2H3/t15-,16-;/m0./s1. The van der Waals surface area contributed by atoms with Crippen LogP contribution in [0.1, 0.15) is 45.6 Å². The molecule has 108 valence electrons. The van der Waals surface area contributed by atoms with E-state index in [1.54, 1.807) is 5.57 Å². The molecule has 2 aliphatic heterocycles. The molecule has 1 N–H and O–H groups in total. The van der Waals surface area contributed by atoms with Crippen LogP contribution in [-0.4, -0.2) is 19.3 Å². The summed E-state index contributed by atoms with van der Waals surface area (Å²) in [6.45, 7) is 7.45. The zero-order chi connectivity index (χ0) is 14.4. The number of rotatable bonds is 0. The van der Waals surface area contributed by atoms with Crippen molar-refractivity contribution in [3.63, 3.8) is 0 Å². The molecule has 1 aliphatic carbocycles. The van der Waals surface area contributed by atoms with Crippen molar-refractivity contribution in [1.82, 2.24) is 5.32 Å². The molecule has 2 nitrogen and oxygen atoms in total. The average Bonchev–Trinajstić information content (AvgIpc) is 3.06. The van der Waals surface area contributed by atoms with Crippen LogP contribution in [0.5, 0.6) is 0 Å². The van der Waals surface area contributed by atoms with E-state index in [0.717, 1.165) is 6.54 Å². The summed E-state index contributed by atoms with van der Waals surface area (Å²) in [6, 6.07) is 8.96. The van der Waals surface area contributed by atoms with Crippen LogP contribution in [0.4, 0.5) is 5.69 Å². The molecule has 2 heteroatoms. The van der Waals surface area contributed by atoms with Crippen molar-refractivity contribution in [2.45, 2.75) is 51.1 Å². The van der Waals surface area contributed by atoms with Crippen LogP contribution >= 0.6 is 0 Å². The second kappa shape index (κ2) is 4.63. The Hall–Kier alpha value is -1.28. The number of nitrogens with one attached hydrogen (secondary N) is 1. The summed E-state index contributed by atoms with van der Waals surface area (Å²) < 4.78 is 0. The van der Waals surface area contributed by atoms with Crippen molar-refractivity contribution in [2.75, 3.05) is 18.5 Å². The fourth-order valence-electron chi connectivity index (χ4n) is 4.55. The van der Waals surface area contributed by atoms with Crippen LogP contribution in [0.25, 0.3) is 0 Å². The Kier molecular flexibility index (Phi) is 3.17. The molecule has 1 fully saturated rings. The van der Waals surface area contributed by atoms with Crippen LogP contribution in [0.2, 0.25) is 0 Å². The van der Waals surface area contributed by atoms with E-state index in [0.29, 0.717) is 0 Å². The maximum atomic E-state index is 3.84. The monoisotopic (exact) mass is 270 g/mol. The van der Waals surface area contributed by atoms with E-state index in [1.165, 1.54) is 30.5 Å². The van der Waals surface area contributed by atoms with E-state index in [-0.39, 0.29) is 11.1 Å². The van der Waals surface area contributed by atoms with E-state index in [9.17, 15) is 0 Å². The third kappa shape index (κ3) is 1.33. The third-order valence-corrected chi connectivity index (χ3v) is 5.52. The Morgan fingerprint density at radius 3 is 2.50 bits per heavy atom. The molecule has 20 heavy (non-hydrogen) atoms. The highest BCUT2D eigenvalue weighted by molar-refractivity contribution is 5.71. The maximum Gasteiger partial charge on any atom is 0.105 e. The SMILES string of the molecule is CC.CC1=CC[C@@]12c1ccccc1N(C)[C@@]21CCCN1. The normalized spacial score (nSPS) is 33.6. The molecule has 0 saturated carbocycles. The quantitative estimate of drug-likeness (QED) is 0.721. The number of hydrogen-bond donors (Lipinski definition) is 1. The van der Waals surface area contributed by atoms with Gasteiger partial charge in [0.05, 0.1) is 5.41 Å². The molecule has 4 rings (SSSR count). The summed E-state index contributed by atoms with van der Waals surface area (Å²) in [6.07, 6.45) is 6.13. The summed E-state index contributed by atoms with van der Waals surface area (Å²) in [5.41, 5.74) is 4.86. The minimum atomic E-state index is 0.134. The minimum Gasteiger partial charge on any atom is -0.355 e. The molecular weight excluding hydrogens is 244 g/mol. The van der Waals surface area contributed by atoms with Crippen molar-refractivity contribution in [3.8, 4) is 0 Å². The molecule has 2 heterocycles. The Bertz CT molecular complexity index is 540. The van der Waals surface area contributed by atoms with Crippen LogP contribution in [0.3, 0.4) is 0 Å². The zero-order valence-electron chi connectivity index (χ0n) is 13.2. The molecule has 0 amide bonds. The highest BCUT2D eigenvalue weighted by Gasteiger charge is 2.64. The number of likely N-dealkylation sites (N-methyl/N-ethyl adjacent to an activating group) is 1. The fraction of sp³-hybridized carbons (Fsp3) is 0.556. The third-order valence-electron chi connectivity index (χ3n) is 5.52. The second-order valence-electron chi connectivity index (χ2n) is 5.96. The van der Waals surface area contributed by atoms with Gasteiger partial charge in [0.2, 0.25) is 0 Å². The van der Waals surface area contributed by atoms with Gasteiger partial charge in [-0.05, 0) is 44.4 Å². The van der Waals surface area contributed by atoms with Gasteiger partial charge in [-0.2, -0.15) is 0 Å². The molecule has 0 bridgehead atoms. The number of allylic oxidation sites excluding steroid dienone is 1. The largest absolute Gasteiger partial charge is 0.355 e. The van der Waals surface area contributed by atoms with Gasteiger partial charge >= 0.3 is 0 Å². The van der Waals surface area contributed by atoms with Gasteiger partial charge in [0, 0.05) is 12.7 Å². The predicted octanol–water partition coefficient (Wildman–Crippen LogP) is 3.83. The van der Waals surface area contributed by atoms with Crippen LogP contribution < -0.4 is 10.2 Å². The summed E-state index contributed by atoms with van der Waals surface area (Å²) in [5.74, 6) is 0. The van der Waals surface area contributed by atoms with E-state index < -0.39 is 0 Å². The highest BCUT2D eigenvalue weighted by atomic mass is 15.4. The van der Waals surface area contributed by atoms with Crippen molar-refractivity contribution in [1.29, 1.82) is 0 Å². The molecule has 0 aromatic heterocycles. The van der Waals surface area contributed by atoms with E-state index in [1.807, 2.05) is 13.8 Å². The lowest BCUT2D eigenvalue weighted by molar-refractivity contribution is 0.221. The predicted molar refractivity (Wildman–Crippen MR) is 86.2 cm³/mol. The molecule has 0 unspecified atom stereocenters. The first-order valence-electron chi connectivity index (χ1n) is 7.98. The Labute approximate surface area is 122 Å². The van der Waals surface area contributed by atoms with Crippen LogP contribution in [0.15, 0.2) is 35.9 Å². The smallest absolute Gasteiger partial charge is 0.105 e. The van der Waals surface area contributed by atoms with Gasteiger partial charge in [-0.25, -0.2) is 0 Å². The summed E-state index contributed by atoms with van der Waals surface area (Å²) in [7, 11) is 2.26. The van der Waals surface area contributed by atoms with Gasteiger partial charge < -0.3 is 4.90 Å². The lowest BCUT2D eigenvalue weighted by Crippen LogP contribution is -2.65. The van der Waals surface area contributed by atoms with E-state index in [4.69, 9.17) is 0 Å². The first-order valence-corrected chi connectivity index (χ1v) is 7.98.